The van der Waals surface area contributed by atoms with E-state index in [-0.39, 0.29) is 41.0 Å². The van der Waals surface area contributed by atoms with Crippen molar-refractivity contribution in [3.8, 4) is 0 Å². The molecule has 14 nitrogen and oxygen atoms in total. The fraction of sp³-hybridized carbons (Fsp3) is 0.385. The van der Waals surface area contributed by atoms with Crippen LogP contribution in [0.3, 0.4) is 0 Å². The summed E-state index contributed by atoms with van der Waals surface area (Å²) in [6.07, 6.45) is 5.46. The van der Waals surface area contributed by atoms with Crippen molar-refractivity contribution in [1.29, 1.82) is 0 Å². The molecule has 0 aromatic heterocycles. The second-order valence-electron chi connectivity index (χ2n) is 10.3. The van der Waals surface area contributed by atoms with Crippen molar-refractivity contribution in [2.24, 2.45) is 5.92 Å². The van der Waals surface area contributed by atoms with Gasteiger partial charge in [0.1, 0.15) is 0 Å². The molecule has 46 heavy (non-hydrogen) atoms. The van der Waals surface area contributed by atoms with Crippen LogP contribution < -0.4 is 38.1 Å². The smallest absolute Gasteiger partial charge is 1.00 e. The number of hydrogen-bond acceptors (Lipinski definition) is 12. The Morgan fingerprint density at radius 3 is 2.43 bits per heavy atom. The van der Waals surface area contributed by atoms with Gasteiger partial charge >= 0.3 is 301 Å². The van der Waals surface area contributed by atoms with Gasteiger partial charge in [0.15, 0.2) is 0 Å². The van der Waals surface area contributed by atoms with Gasteiger partial charge in [0, 0.05) is 0 Å². The van der Waals surface area contributed by atoms with E-state index in [9.17, 15) is 40.3 Å². The number of carboxylic acid groups (broad SMARTS) is 1. The first kappa shape index (κ1) is 38.9. The fourth-order valence-electron chi connectivity index (χ4n) is 4.60. The van der Waals surface area contributed by atoms with E-state index in [2.05, 4.69) is 6.07 Å². The summed E-state index contributed by atoms with van der Waals surface area (Å²) in [4.78, 5) is 40.8. The van der Waals surface area contributed by atoms with E-state index in [0.717, 1.165) is 35.9 Å². The average molecular weight is 837 g/mol. The molecule has 0 radical (unpaired) electrons. The summed E-state index contributed by atoms with van der Waals surface area (Å²) in [5.74, 6) is -5.76. The molecule has 20 heteroatoms. The van der Waals surface area contributed by atoms with Crippen molar-refractivity contribution in [3.63, 3.8) is 0 Å². The molecular weight excluding hydrogens is 809 g/mol. The number of carbonyl (C=O) groups excluding carboxylic acids is 2. The van der Waals surface area contributed by atoms with E-state index in [1.807, 2.05) is 30.9 Å². The molecule has 2 fully saturated rings. The number of benzene rings is 1. The summed E-state index contributed by atoms with van der Waals surface area (Å²) in [5.41, 5.74) is 3.16. The van der Waals surface area contributed by atoms with Crippen molar-refractivity contribution in [2.45, 2.75) is 32.4 Å². The Balaban J connectivity index is 0.00000576. The summed E-state index contributed by atoms with van der Waals surface area (Å²) in [5, 5.41) is 7.46. The number of carboxylic acids is 1. The number of ether oxygens (including phenoxy) is 1. The van der Waals surface area contributed by atoms with Crippen LogP contribution in [-0.4, -0.2) is 115 Å². The molecule has 3 heterocycles. The molecule has 2 amide bonds. The van der Waals surface area contributed by atoms with Crippen LogP contribution in [0.1, 0.15) is 24.5 Å². The molecule has 4 rings (SSSR count). The maximum Gasteiger partial charge on any atom is 1.00 e. The molecule has 0 spiro atoms. The standard InChI is InChI=1S/C26H29N3O11S4Te.Na/c1-14(6-4-7-19-27(8-5-9-43(34,35)36)17-10-15(2)16(3)11-18(17)45-19)22-24(33)29(13-44(37,38)39)25(42-22)21-23(32)28(12-20(30)31)26(41)40-21;/h4,6-7,10-11,14,22H,5,8-9,12-13H2,1-3H3,(H,30,31)(H,34,35,36)(H,37,38,39);/q;+1/p-1/b6-4+,19-7-,25-21-;. The van der Waals surface area contributed by atoms with Crippen LogP contribution in [0, 0.1) is 19.8 Å². The monoisotopic (exact) mass is 839 g/mol. The maximum absolute atomic E-state index is 13.4. The minimum atomic E-state index is -4.73. The van der Waals surface area contributed by atoms with Crippen LogP contribution in [0.4, 0.5) is 5.69 Å². The van der Waals surface area contributed by atoms with Crippen LogP contribution in [0.2, 0.25) is 0 Å². The molecule has 3 aliphatic heterocycles. The van der Waals surface area contributed by atoms with Gasteiger partial charge in [-0.05, 0) is 0 Å². The summed E-state index contributed by atoms with van der Waals surface area (Å²) in [7, 11) is -9.11. The van der Waals surface area contributed by atoms with E-state index in [1.165, 1.54) is 0 Å². The molecule has 0 saturated carbocycles. The molecule has 244 valence electrons. The van der Waals surface area contributed by atoms with E-state index < -0.39 is 99.2 Å². The van der Waals surface area contributed by atoms with Crippen molar-refractivity contribution in [3.05, 3.63) is 56.0 Å². The number of rotatable bonds is 11. The SMILES string of the molecule is Cc1cc2c(cc1C)N(CCCS(=O)(=O)[O-])/C(=C/C=C/C(C)C1S/C(=C3\OC(=S)N(CC(=O)O)C3=O)N(CS(=O)(=O)O)C1=O)[Te]2.[Na+]. The van der Waals surface area contributed by atoms with E-state index in [0.29, 0.717) is 16.3 Å². The first-order chi connectivity index (χ1) is 20.9. The predicted molar refractivity (Wildman–Crippen MR) is 169 cm³/mol. The summed E-state index contributed by atoms with van der Waals surface area (Å²) in [6, 6.07) is 4.15. The van der Waals surface area contributed by atoms with Crippen LogP contribution in [0.5, 0.6) is 0 Å². The quantitative estimate of drug-likeness (QED) is 0.104. The molecule has 2 saturated heterocycles. The Kier molecular flexibility index (Phi) is 13.0. The van der Waals surface area contributed by atoms with Gasteiger partial charge in [-0.25, -0.2) is 0 Å². The van der Waals surface area contributed by atoms with Crippen LogP contribution in [0.15, 0.2) is 44.9 Å². The Bertz CT molecular complexity index is 1780. The zero-order valence-corrected chi connectivity index (χ0v) is 32.6. The number of hydrogen-bond donors (Lipinski definition) is 2. The number of thioether (sulfide) groups is 1. The van der Waals surface area contributed by atoms with Crippen molar-refractivity contribution < 1.29 is 79.7 Å². The topological polar surface area (TPSA) is 202 Å². The van der Waals surface area contributed by atoms with E-state index >= 15 is 0 Å². The predicted octanol–water partition coefficient (Wildman–Crippen LogP) is -2.39. The van der Waals surface area contributed by atoms with E-state index in [1.54, 1.807) is 19.1 Å². The van der Waals surface area contributed by atoms with Gasteiger partial charge in [-0.2, -0.15) is 0 Å². The Morgan fingerprint density at radius 2 is 1.83 bits per heavy atom. The van der Waals surface area contributed by atoms with Gasteiger partial charge in [-0.15, -0.1) is 0 Å². The first-order valence-electron chi connectivity index (χ1n) is 13.2. The first-order valence-corrected chi connectivity index (χ1v) is 20.0. The molecule has 2 atom stereocenters. The molecule has 2 N–H and O–H groups in total. The zero-order valence-electron chi connectivity index (χ0n) is 25.0. The number of thiocarbonyl (C=S) groups is 1. The van der Waals surface area contributed by atoms with E-state index in [4.69, 9.17) is 22.1 Å². The molecule has 0 aliphatic carbocycles. The summed E-state index contributed by atoms with van der Waals surface area (Å²) >= 11 is 4.91. The molecule has 0 bridgehead atoms. The van der Waals surface area contributed by atoms with Crippen LogP contribution in [0.25, 0.3) is 0 Å². The third-order valence-electron chi connectivity index (χ3n) is 6.88. The second kappa shape index (κ2) is 15.4. The molecule has 2 unspecified atom stereocenters. The van der Waals surface area contributed by atoms with Crippen LogP contribution in [-0.2, 0) is 39.4 Å². The molecule has 1 aromatic carbocycles. The number of nitrogens with zero attached hydrogens (tertiary/aromatic N) is 3. The number of anilines is 1. The van der Waals surface area contributed by atoms with Crippen molar-refractivity contribution in [2.75, 3.05) is 29.6 Å². The number of fused-ring (bicyclic) bond motifs is 1. The minimum Gasteiger partial charge on any atom is 1.00 e. The Hall–Kier alpha value is -1.50. The van der Waals surface area contributed by atoms with Gasteiger partial charge in [0.2, 0.25) is 0 Å². The molecule has 1 aromatic rings. The Labute approximate surface area is 308 Å². The number of amides is 2. The van der Waals surface area contributed by atoms with Crippen molar-refractivity contribution in [1.82, 2.24) is 9.80 Å². The van der Waals surface area contributed by atoms with Gasteiger partial charge in [0.05, 0.1) is 0 Å². The number of allylic oxidation sites excluding steroid dienone is 3. The Morgan fingerprint density at radius 1 is 1.17 bits per heavy atom. The maximum atomic E-state index is 13.4. The number of carbonyl (C=O) groups is 3. The second-order valence-corrected chi connectivity index (χ2v) is 17.8. The fourth-order valence-corrected chi connectivity index (χ4v) is 10.6. The average Bonchev–Trinajstić information content (AvgIpc) is 3.49. The van der Waals surface area contributed by atoms with Gasteiger partial charge in [0.25, 0.3) is 0 Å². The van der Waals surface area contributed by atoms with Gasteiger partial charge < -0.3 is 5.11 Å². The van der Waals surface area contributed by atoms with Gasteiger partial charge in [-0.1, -0.05) is 0 Å². The largest absolute Gasteiger partial charge is 1.00 e. The van der Waals surface area contributed by atoms with Gasteiger partial charge in [-0.3, -0.25) is 4.79 Å². The third kappa shape index (κ3) is 9.35. The third-order valence-corrected chi connectivity index (χ3v) is 13.2. The van der Waals surface area contributed by atoms with Crippen LogP contribution >= 0.6 is 24.0 Å². The molecule has 3 aliphatic rings. The molecular formula is C26H28N3NaO11S4Te. The zero-order chi connectivity index (χ0) is 33.4. The number of aliphatic carboxylic acids is 1. The van der Waals surface area contributed by atoms with Crippen molar-refractivity contribution >= 4 is 97.4 Å². The summed E-state index contributed by atoms with van der Waals surface area (Å²) in [6.45, 7) is 5.20. The minimum absolute atomic E-state index is 0. The number of aryl methyl sites for hydroxylation is 2. The summed E-state index contributed by atoms with van der Waals surface area (Å²) < 4.78 is 74.0. The normalized spacial score (nSPS) is 21.8.